The Labute approximate surface area is 689 Å². The number of carboxylic acid groups (broad SMARTS) is 4. The number of fused-ring (bicyclic) bond motifs is 8. The van der Waals surface area contributed by atoms with Gasteiger partial charge >= 0.3 is 40.9 Å². The molecule has 8 N–H and O–H groups in total. The molecule has 11 aromatic rings. The van der Waals surface area contributed by atoms with Gasteiger partial charge in [-0.05, 0) is 109 Å². The number of hydrogen-bond donors (Lipinski definition) is 8. The van der Waals surface area contributed by atoms with E-state index in [2.05, 4.69) is 26.2 Å². The third-order valence-electron chi connectivity index (χ3n) is 17.6. The maximum absolute atomic E-state index is 13.0. The number of pyridine rings is 4. The number of hydrogen-bond acceptors (Lipinski definition) is 10. The Morgan fingerprint density at radius 1 is 0.354 bits per heavy atom. The fraction of sp³-hybridized carbons (Fsp3) is 0.122. The van der Waals surface area contributed by atoms with Crippen LogP contribution in [0.1, 0.15) is 101 Å². The van der Waals surface area contributed by atoms with Crippen LogP contribution in [0.4, 0.5) is 0 Å². The van der Waals surface area contributed by atoms with Gasteiger partial charge in [0.25, 0.3) is 23.6 Å². The number of amides is 4. The third-order valence-corrected chi connectivity index (χ3v) is 17.7. The summed E-state index contributed by atoms with van der Waals surface area (Å²) in [6, 6.07) is 58.2. The van der Waals surface area contributed by atoms with E-state index in [4.69, 9.17) is 26.7 Å². The molecule has 4 amide bonds. The van der Waals surface area contributed by atoms with E-state index in [-0.39, 0.29) is 130 Å². The molecule has 25 nitrogen and oxygen atoms in total. The number of benzene rings is 4. The number of nitrogens with zero attached hydrogens (tertiary/aromatic N) is 9. The summed E-state index contributed by atoms with van der Waals surface area (Å²) in [4.78, 5) is 119. The molecule has 2 aliphatic rings. The van der Waals surface area contributed by atoms with Crippen LogP contribution in [0.15, 0.2) is 219 Å². The Kier molecular flexibility index (Phi) is 32.1. The largest absolute Gasteiger partial charge is 3.00 e. The Bertz CT molecular complexity index is 5280. The van der Waals surface area contributed by atoms with E-state index in [1.807, 2.05) is 164 Å². The standard InChI is InChI=1S/C80H62ClN13O12.2CH4.4ClH.Fe/c81-89-94-67-35-36-68(94)76(66-12-4-8-40-93(66)48-52-19-27-56(28-20-52)80(106)85-44-72(101)102)62-34-32-60(88-62)74(64-10-2-6-38-91(64)46-50-15-23-54(24-16-50)78(104)83-42-70(97)98)58-30-29-57(86-58)73(63-9-1-5-37-90(63)45-49-13-21-53(22-14-49)77(103)82-41-69(95)96)59-31-33-61(87-59)75(67)65-11-3-7-39-92(65)47-51-17-25-55(26-18-51)79(105)84-43-71(99)100;;;;;;;/h1-40H,41-48H2,(H6-2,82,83,84,85,95,96,97,98,99,100,101,102,103,104,105,106);2*1H4;4*1H;/q;;;;;;;+3/p-2. The summed E-state index contributed by atoms with van der Waals surface area (Å²) in [6.07, 6.45) is 15.4. The molecule has 113 heavy (non-hydrogen) atoms. The minimum atomic E-state index is -1.18. The molecular formula is C82H72Cl5FeN13O12+. The minimum absolute atomic E-state index is 0. The summed E-state index contributed by atoms with van der Waals surface area (Å²) >= 11 is 7.09. The van der Waals surface area contributed by atoms with Crippen molar-refractivity contribution < 1.29 is 144 Å². The molecule has 0 saturated carbocycles. The van der Waals surface area contributed by atoms with Crippen molar-refractivity contribution in [2.24, 2.45) is 0 Å². The molecule has 9 heterocycles. The SMILES string of the molecule is C.C.O=C(O)CNC(=O)c1ccc(C[n+]2ccccc2-c2c3nc(c(-c4cccc[n+]4Cc4ccc(C(=O)NCC(=O)O)cc4)c4ccc(c(-c5cccc[n+]5Cc5ccc(C(=O)NCC(=O)O)cc5)c5nc(c(-c6cccc[n+]6Cc6ccc(C(=O)NCC(=O)O)cc6)c6ccc2[n-]6)C=C5)n4[N-]Cl)C=C3)cc1.[Cl-].[Cl-].[Cl-].[Cl-].[Fe+3]. The van der Waals surface area contributed by atoms with Gasteiger partial charge in [0, 0.05) is 104 Å². The predicted molar refractivity (Wildman–Crippen MR) is 404 cm³/mol. The Morgan fingerprint density at radius 2 is 0.593 bits per heavy atom. The average molecular weight is 1660 g/mol. The van der Waals surface area contributed by atoms with Gasteiger partial charge in [-0.15, -0.1) is 11.0 Å². The molecule has 8 bridgehead atoms. The summed E-state index contributed by atoms with van der Waals surface area (Å²) < 4.78 is 9.79. The maximum Gasteiger partial charge on any atom is 3.00 e. The number of carbonyl (C=O) groups is 8. The predicted octanol–water partition coefficient (Wildman–Crippen LogP) is -2.40. The van der Waals surface area contributed by atoms with E-state index in [0.29, 0.717) is 89.9 Å². The summed E-state index contributed by atoms with van der Waals surface area (Å²) in [5.41, 5.74) is 13.4. The first-order valence-corrected chi connectivity index (χ1v) is 33.5. The average Bonchev–Trinajstić information content (AvgIpc) is 1.61. The van der Waals surface area contributed by atoms with Crippen molar-refractivity contribution in [3.63, 3.8) is 0 Å². The number of aromatic nitrogens is 8. The third kappa shape index (κ3) is 20.8. The van der Waals surface area contributed by atoms with Crippen LogP contribution in [-0.4, -0.2) is 109 Å². The van der Waals surface area contributed by atoms with Crippen molar-refractivity contribution in [1.82, 2.24) is 40.9 Å². The first kappa shape index (κ1) is 89.5. The number of nitrogens with one attached hydrogen (secondary N) is 4. The van der Waals surface area contributed by atoms with E-state index in [1.165, 1.54) is 0 Å². The van der Waals surface area contributed by atoms with Crippen molar-refractivity contribution in [3.05, 3.63) is 291 Å². The van der Waals surface area contributed by atoms with E-state index in [0.717, 1.165) is 22.3 Å². The monoisotopic (exact) mass is 1660 g/mol. The van der Waals surface area contributed by atoms with Crippen LogP contribution < -0.4 is 94.1 Å². The number of aliphatic carboxylic acids is 4. The Balaban J connectivity index is 0.00000284. The second-order valence-electron chi connectivity index (χ2n) is 24.6. The molecule has 2 aliphatic heterocycles. The Hall–Kier alpha value is -12.4. The van der Waals surface area contributed by atoms with Gasteiger partial charge in [-0.3, -0.25) is 38.4 Å². The van der Waals surface area contributed by atoms with E-state index < -0.39 is 73.7 Å². The maximum atomic E-state index is 13.0. The molecule has 7 aromatic heterocycles. The van der Waals surface area contributed by atoms with Crippen molar-refractivity contribution in [2.45, 2.75) is 41.0 Å². The van der Waals surface area contributed by atoms with Crippen LogP contribution in [0, 0.1) is 0 Å². The zero-order chi connectivity index (χ0) is 74.0. The smallest absolute Gasteiger partial charge is 1.00 e. The molecule has 579 valence electrons. The number of carbonyl (C=O) groups excluding carboxylic acids is 4. The van der Waals surface area contributed by atoms with Gasteiger partial charge in [-0.1, -0.05) is 75.5 Å². The molecular weight excluding hydrogens is 1590 g/mol. The van der Waals surface area contributed by atoms with Gasteiger partial charge in [0.05, 0.1) is 45.0 Å². The van der Waals surface area contributed by atoms with Crippen LogP contribution in [-0.2, 0) is 62.4 Å². The van der Waals surface area contributed by atoms with Crippen LogP contribution >= 0.6 is 11.8 Å². The molecule has 0 spiro atoms. The molecule has 0 saturated heterocycles. The first-order chi connectivity index (χ1) is 51.4. The van der Waals surface area contributed by atoms with Crippen LogP contribution in [0.2, 0.25) is 0 Å². The summed E-state index contributed by atoms with van der Waals surface area (Å²) in [5, 5.41) is 46.7. The molecule has 0 atom stereocenters. The zero-order valence-corrected chi connectivity index (χ0v) is 63.0. The molecule has 1 radical (unpaired) electrons. The molecule has 4 aromatic carbocycles. The van der Waals surface area contributed by atoms with Crippen LogP contribution in [0.25, 0.3) is 96.3 Å². The van der Waals surface area contributed by atoms with E-state index in [9.17, 15) is 58.8 Å². The molecule has 13 rings (SSSR count). The quantitative estimate of drug-likeness (QED) is 0.0219. The molecule has 0 unspecified atom stereocenters. The van der Waals surface area contributed by atoms with Gasteiger partial charge in [0.2, 0.25) is 22.8 Å². The van der Waals surface area contributed by atoms with Gasteiger partial charge < -0.3 is 106 Å². The van der Waals surface area contributed by atoms with Crippen molar-refractivity contribution in [3.8, 4) is 45.0 Å². The fourth-order valence-electron chi connectivity index (χ4n) is 12.6. The van der Waals surface area contributed by atoms with E-state index >= 15 is 0 Å². The van der Waals surface area contributed by atoms with Gasteiger partial charge in [0.15, 0.2) is 51.0 Å². The zero-order valence-electron chi connectivity index (χ0n) is 58.1. The molecule has 31 heteroatoms. The summed E-state index contributed by atoms with van der Waals surface area (Å²) in [6.45, 7) is -1.07. The second-order valence-corrected chi connectivity index (χ2v) is 24.7. The van der Waals surface area contributed by atoms with Gasteiger partial charge in [-0.25, -0.2) is 21.7 Å². The van der Waals surface area contributed by atoms with Crippen molar-refractivity contribution in [2.75, 3.05) is 26.2 Å². The molecule has 0 fully saturated rings. The van der Waals surface area contributed by atoms with E-state index in [1.54, 1.807) is 102 Å². The topological polar surface area (TPSA) is 340 Å². The number of halogens is 5. The number of carboxylic acids is 4. The van der Waals surface area contributed by atoms with Gasteiger partial charge in [-0.2, -0.15) is 18.3 Å². The van der Waals surface area contributed by atoms with Crippen molar-refractivity contribution >= 4 is 106 Å². The first-order valence-electron chi connectivity index (χ1n) is 33.2. The second kappa shape index (κ2) is 40.5. The van der Waals surface area contributed by atoms with Crippen LogP contribution in [0.5, 0.6) is 0 Å². The normalized spacial score (nSPS) is 10.7. The molecule has 0 aliphatic carbocycles. The minimum Gasteiger partial charge on any atom is -1.00 e. The van der Waals surface area contributed by atoms with Gasteiger partial charge in [0.1, 0.15) is 26.2 Å². The summed E-state index contributed by atoms with van der Waals surface area (Å²) in [7, 11) is 0. The summed E-state index contributed by atoms with van der Waals surface area (Å²) in [5.74, 6) is -6.88. The Morgan fingerprint density at radius 3 is 0.832 bits per heavy atom. The number of rotatable bonds is 25. The van der Waals surface area contributed by atoms with Crippen LogP contribution in [0.3, 0.4) is 0 Å². The fourth-order valence-corrected chi connectivity index (χ4v) is 12.8. The van der Waals surface area contributed by atoms with Crippen molar-refractivity contribution in [1.29, 1.82) is 0 Å².